The Kier molecular flexibility index (Phi) is 6.48. The van der Waals surface area contributed by atoms with Crippen molar-refractivity contribution in [1.82, 2.24) is 4.98 Å². The summed E-state index contributed by atoms with van der Waals surface area (Å²) in [5, 5.41) is 0.658. The van der Waals surface area contributed by atoms with Crippen LogP contribution in [0, 0.1) is 0 Å². The minimum absolute atomic E-state index is 0.215. The van der Waals surface area contributed by atoms with Crippen molar-refractivity contribution in [2.45, 2.75) is 6.42 Å². The summed E-state index contributed by atoms with van der Waals surface area (Å²) in [4.78, 5) is 21.1. The number of nitrogens with one attached hydrogen (secondary N) is 1. The van der Waals surface area contributed by atoms with Crippen molar-refractivity contribution in [3.05, 3.63) is 30.2 Å². The van der Waals surface area contributed by atoms with E-state index in [0.29, 0.717) is 24.9 Å². The molecular formula is C20H26N3O5S+. The number of aromatic nitrogens is 1. The number of ether oxygens (including phenoxy) is 4. The summed E-state index contributed by atoms with van der Waals surface area (Å²) in [6, 6.07) is 5.75. The van der Waals surface area contributed by atoms with E-state index in [1.165, 1.54) is 22.5 Å². The second-order valence-electron chi connectivity index (χ2n) is 6.95. The molecular weight excluding hydrogens is 394 g/mol. The molecule has 29 heavy (non-hydrogen) atoms. The lowest BCUT2D eigenvalue weighted by Crippen LogP contribution is -3.14. The predicted octanol–water partition coefficient (Wildman–Crippen LogP) is 0.831. The molecule has 1 aromatic heterocycles. The molecule has 9 heteroatoms. The molecule has 8 nitrogen and oxygen atoms in total. The number of amides is 1. The Hall–Kier alpha value is -2.36. The average molecular weight is 421 g/mol. The summed E-state index contributed by atoms with van der Waals surface area (Å²) in [6.45, 7) is 6.01. The van der Waals surface area contributed by atoms with Gasteiger partial charge in [-0.15, -0.1) is 0 Å². The van der Waals surface area contributed by atoms with Crippen molar-refractivity contribution in [2.75, 3.05) is 64.6 Å². The molecule has 0 saturated carbocycles. The molecule has 0 atom stereocenters. The molecule has 156 valence electrons. The molecule has 2 aliphatic heterocycles. The number of benzene rings is 1. The third-order valence-electron chi connectivity index (χ3n) is 5.03. The van der Waals surface area contributed by atoms with E-state index in [1.807, 2.05) is 18.2 Å². The molecule has 4 rings (SSSR count). The van der Waals surface area contributed by atoms with Gasteiger partial charge in [0.1, 0.15) is 38.3 Å². The highest BCUT2D eigenvalue weighted by Crippen LogP contribution is 2.32. The van der Waals surface area contributed by atoms with E-state index < -0.39 is 0 Å². The summed E-state index contributed by atoms with van der Waals surface area (Å²) in [6.07, 6.45) is 2.27. The van der Waals surface area contributed by atoms with Crippen LogP contribution in [0.5, 0.6) is 5.75 Å². The number of methoxy groups -OCH3 is 1. The highest BCUT2D eigenvalue weighted by atomic mass is 32.1. The summed E-state index contributed by atoms with van der Waals surface area (Å²) in [5.74, 6) is 0.759. The lowest BCUT2D eigenvalue weighted by molar-refractivity contribution is -0.908. The zero-order valence-corrected chi connectivity index (χ0v) is 17.3. The van der Waals surface area contributed by atoms with Gasteiger partial charge in [0, 0.05) is 19.0 Å². The van der Waals surface area contributed by atoms with Crippen LogP contribution >= 0.6 is 11.3 Å². The lowest BCUT2D eigenvalue weighted by atomic mass is 10.3. The lowest BCUT2D eigenvalue weighted by Gasteiger charge is -2.26. The van der Waals surface area contributed by atoms with Gasteiger partial charge < -0.3 is 23.8 Å². The molecule has 2 aromatic rings. The van der Waals surface area contributed by atoms with Crippen LogP contribution < -0.4 is 14.5 Å². The molecule has 0 aliphatic carbocycles. The number of hydrogen-bond donors (Lipinski definition) is 1. The third-order valence-corrected chi connectivity index (χ3v) is 6.09. The molecule has 3 heterocycles. The molecule has 0 spiro atoms. The Bertz CT molecular complexity index is 878. The maximum absolute atomic E-state index is 13.1. The number of carbonyl (C=O) groups is 1. The molecule has 1 saturated heterocycles. The van der Waals surface area contributed by atoms with Gasteiger partial charge in [-0.2, -0.15) is 0 Å². The molecule has 0 radical (unpaired) electrons. The number of rotatable bonds is 7. The highest BCUT2D eigenvalue weighted by Gasteiger charge is 2.26. The quantitative estimate of drug-likeness (QED) is 0.715. The fraction of sp³-hybridized carbons (Fsp3) is 0.500. The van der Waals surface area contributed by atoms with Crippen molar-refractivity contribution in [3.63, 3.8) is 0 Å². The minimum Gasteiger partial charge on any atom is -0.497 e. The summed E-state index contributed by atoms with van der Waals surface area (Å²) in [5.41, 5.74) is 0.816. The van der Waals surface area contributed by atoms with Gasteiger partial charge in [-0.3, -0.25) is 9.69 Å². The van der Waals surface area contributed by atoms with Crippen LogP contribution in [0.15, 0.2) is 30.2 Å². The second kappa shape index (κ2) is 9.43. The number of fused-ring (bicyclic) bond motifs is 1. The molecule has 0 unspecified atom stereocenters. The Balaban J connectivity index is 1.53. The number of quaternary nitrogens is 1. The van der Waals surface area contributed by atoms with Crippen molar-refractivity contribution < 1.29 is 28.6 Å². The van der Waals surface area contributed by atoms with E-state index in [9.17, 15) is 4.79 Å². The fourth-order valence-electron chi connectivity index (χ4n) is 3.43. The normalized spacial score (nSPS) is 17.3. The number of hydrogen-bond acceptors (Lipinski definition) is 7. The maximum atomic E-state index is 13.1. The first-order valence-electron chi connectivity index (χ1n) is 9.87. The van der Waals surface area contributed by atoms with Crippen molar-refractivity contribution in [1.29, 1.82) is 0 Å². The van der Waals surface area contributed by atoms with Crippen LogP contribution in [-0.4, -0.2) is 70.6 Å². The summed E-state index contributed by atoms with van der Waals surface area (Å²) >= 11 is 1.49. The largest absolute Gasteiger partial charge is 0.497 e. The molecule has 1 amide bonds. The predicted molar refractivity (Wildman–Crippen MR) is 110 cm³/mol. The fourth-order valence-corrected chi connectivity index (χ4v) is 4.40. The average Bonchev–Trinajstić information content (AvgIpc) is 3.20. The number of anilines is 1. The number of carbonyl (C=O) groups excluding carboxylic acids is 1. The zero-order valence-electron chi connectivity index (χ0n) is 16.5. The molecule has 2 aliphatic rings. The third kappa shape index (κ3) is 4.80. The van der Waals surface area contributed by atoms with Crippen molar-refractivity contribution in [3.8, 4) is 5.75 Å². The van der Waals surface area contributed by atoms with E-state index in [-0.39, 0.29) is 11.7 Å². The minimum atomic E-state index is -0.215. The van der Waals surface area contributed by atoms with Gasteiger partial charge in [0.05, 0.1) is 37.1 Å². The van der Waals surface area contributed by atoms with Crippen LogP contribution in [-0.2, 0) is 19.0 Å². The van der Waals surface area contributed by atoms with Crippen LogP contribution in [0.4, 0.5) is 5.13 Å². The summed E-state index contributed by atoms with van der Waals surface area (Å²) in [7, 11) is 1.63. The Morgan fingerprint density at radius 1 is 1.28 bits per heavy atom. The number of morpholine rings is 1. The van der Waals surface area contributed by atoms with E-state index >= 15 is 0 Å². The van der Waals surface area contributed by atoms with Gasteiger partial charge in [-0.05, 0) is 12.1 Å². The van der Waals surface area contributed by atoms with Crippen LogP contribution in [0.2, 0.25) is 0 Å². The Labute approximate surface area is 173 Å². The van der Waals surface area contributed by atoms with Gasteiger partial charge in [0.2, 0.25) is 5.76 Å². The molecule has 1 N–H and O–H groups in total. The molecule has 0 bridgehead atoms. The SMILES string of the molecule is COc1ccc2sc(N(CCC[NH+]3CCOCC3)C(=O)C3=COCCO3)nc2c1. The number of nitrogens with zero attached hydrogens (tertiary/aromatic N) is 2. The standard InChI is InChI=1S/C20H25N3O5S/c1-25-15-3-4-18-16(13-15)21-20(29-18)23(19(24)17-14-27-11-12-28-17)6-2-5-22-7-9-26-10-8-22/h3-4,13-14H,2,5-12H2,1H3/p+1. The van der Waals surface area contributed by atoms with Crippen molar-refractivity contribution >= 4 is 32.6 Å². The topological polar surface area (TPSA) is 74.6 Å². The monoisotopic (exact) mass is 420 g/mol. The van der Waals surface area contributed by atoms with Crippen LogP contribution in [0.3, 0.4) is 0 Å². The first-order chi connectivity index (χ1) is 14.2. The first kappa shape index (κ1) is 19.9. The number of thiazole rings is 1. The zero-order chi connectivity index (χ0) is 20.1. The molecule has 1 fully saturated rings. The van der Waals surface area contributed by atoms with E-state index in [2.05, 4.69) is 0 Å². The van der Waals surface area contributed by atoms with Gasteiger partial charge in [0.15, 0.2) is 5.13 Å². The van der Waals surface area contributed by atoms with Gasteiger partial charge in [-0.25, -0.2) is 4.98 Å². The molecule has 1 aromatic carbocycles. The van der Waals surface area contributed by atoms with Crippen LogP contribution in [0.25, 0.3) is 10.2 Å². The smallest absolute Gasteiger partial charge is 0.298 e. The van der Waals surface area contributed by atoms with Gasteiger partial charge >= 0.3 is 0 Å². The first-order valence-corrected chi connectivity index (χ1v) is 10.7. The van der Waals surface area contributed by atoms with E-state index in [1.54, 1.807) is 12.0 Å². The van der Waals surface area contributed by atoms with Gasteiger partial charge in [0.25, 0.3) is 5.91 Å². The summed E-state index contributed by atoms with van der Waals surface area (Å²) < 4.78 is 22.5. The van der Waals surface area contributed by atoms with E-state index in [0.717, 1.165) is 55.2 Å². The highest BCUT2D eigenvalue weighted by molar-refractivity contribution is 7.22. The van der Waals surface area contributed by atoms with Gasteiger partial charge in [-0.1, -0.05) is 11.3 Å². The second-order valence-corrected chi connectivity index (χ2v) is 7.96. The van der Waals surface area contributed by atoms with E-state index in [4.69, 9.17) is 23.9 Å². The Morgan fingerprint density at radius 3 is 2.90 bits per heavy atom. The maximum Gasteiger partial charge on any atom is 0.298 e. The Morgan fingerprint density at radius 2 is 2.14 bits per heavy atom. The van der Waals surface area contributed by atoms with Crippen LogP contribution in [0.1, 0.15) is 6.42 Å². The van der Waals surface area contributed by atoms with Crippen molar-refractivity contribution in [2.24, 2.45) is 0 Å².